The van der Waals surface area contributed by atoms with Crippen LogP contribution in [0.15, 0.2) is 24.3 Å². The zero-order valence-corrected chi connectivity index (χ0v) is 15.0. The molecule has 5 nitrogen and oxygen atoms in total. The minimum absolute atomic E-state index is 0.0178. The predicted octanol–water partition coefficient (Wildman–Crippen LogP) is 2.20. The summed E-state index contributed by atoms with van der Waals surface area (Å²) in [5.74, 6) is -0.0472. The average Bonchev–Trinajstić information content (AvgIpc) is 3.14. The molecule has 2 aliphatic heterocycles. The molecule has 3 rings (SSSR count). The minimum atomic E-state index is -0.0810. The number of benzene rings is 1. The van der Waals surface area contributed by atoms with Gasteiger partial charge in [-0.15, -0.1) is 0 Å². The van der Waals surface area contributed by atoms with Crippen molar-refractivity contribution in [3.63, 3.8) is 0 Å². The number of Topliss-reactive ketones (excluding diaryl/α,β-unsaturated/α-hetero) is 1. The van der Waals surface area contributed by atoms with Gasteiger partial charge in [0.1, 0.15) is 0 Å². The molecule has 0 aliphatic carbocycles. The summed E-state index contributed by atoms with van der Waals surface area (Å²) < 4.78 is 0. The molecule has 0 spiro atoms. The summed E-state index contributed by atoms with van der Waals surface area (Å²) in [6.07, 6.45) is 4.16. The Kier molecular flexibility index (Phi) is 5.54. The van der Waals surface area contributed by atoms with Gasteiger partial charge in [-0.2, -0.15) is 0 Å². The largest absolute Gasteiger partial charge is 0.396 e. The van der Waals surface area contributed by atoms with E-state index in [0.717, 1.165) is 32.5 Å². The second kappa shape index (κ2) is 7.67. The van der Waals surface area contributed by atoms with E-state index in [1.807, 2.05) is 4.90 Å². The number of ketones is 1. The molecule has 1 aromatic rings. The molecule has 0 aromatic heterocycles. The van der Waals surface area contributed by atoms with Crippen LogP contribution in [-0.2, 0) is 0 Å². The van der Waals surface area contributed by atoms with Crippen molar-refractivity contribution in [1.29, 1.82) is 0 Å². The van der Waals surface area contributed by atoms with Crippen LogP contribution in [0.4, 0.5) is 0 Å². The Balaban J connectivity index is 1.63. The number of aliphatic hydroxyl groups excluding tert-OH is 1. The first-order valence-electron chi connectivity index (χ1n) is 9.26. The number of hydrogen-bond acceptors (Lipinski definition) is 4. The van der Waals surface area contributed by atoms with Crippen molar-refractivity contribution in [2.45, 2.75) is 32.6 Å². The number of hydrogen-bond donors (Lipinski definition) is 1. The van der Waals surface area contributed by atoms with Crippen molar-refractivity contribution in [2.75, 3.05) is 39.3 Å². The van der Waals surface area contributed by atoms with Crippen LogP contribution in [0, 0.1) is 5.41 Å². The maximum absolute atomic E-state index is 12.8. The summed E-state index contributed by atoms with van der Waals surface area (Å²) in [5.41, 5.74) is 1.06. The highest BCUT2D eigenvalue weighted by Gasteiger charge is 2.37. The Morgan fingerprint density at radius 2 is 1.72 bits per heavy atom. The average molecular weight is 344 g/mol. The highest BCUT2D eigenvalue weighted by molar-refractivity contribution is 5.99. The molecule has 2 fully saturated rings. The van der Waals surface area contributed by atoms with Crippen LogP contribution >= 0.6 is 0 Å². The summed E-state index contributed by atoms with van der Waals surface area (Å²) in [7, 11) is 0. The van der Waals surface area contributed by atoms with Gasteiger partial charge in [-0.25, -0.2) is 0 Å². The highest BCUT2D eigenvalue weighted by atomic mass is 16.3. The summed E-state index contributed by atoms with van der Waals surface area (Å²) in [4.78, 5) is 28.6. The molecule has 0 atom stereocenters. The van der Waals surface area contributed by atoms with Gasteiger partial charge in [0.25, 0.3) is 5.91 Å². The zero-order valence-electron chi connectivity index (χ0n) is 15.0. The quantitative estimate of drug-likeness (QED) is 0.832. The van der Waals surface area contributed by atoms with E-state index < -0.39 is 0 Å². The molecule has 2 aliphatic rings. The maximum atomic E-state index is 12.8. The fraction of sp³-hybridized carbons (Fsp3) is 0.600. The Bertz CT molecular complexity index is 630. The maximum Gasteiger partial charge on any atom is 0.253 e. The summed E-state index contributed by atoms with van der Waals surface area (Å²) in [6, 6.07) is 6.96. The lowest BCUT2D eigenvalue weighted by molar-refractivity contribution is 0.0179. The molecule has 0 unspecified atom stereocenters. The van der Waals surface area contributed by atoms with Gasteiger partial charge in [0, 0.05) is 36.2 Å². The van der Waals surface area contributed by atoms with Crippen LogP contribution in [0.25, 0.3) is 0 Å². The summed E-state index contributed by atoms with van der Waals surface area (Å²) in [5, 5.41) is 9.97. The van der Waals surface area contributed by atoms with E-state index in [2.05, 4.69) is 4.90 Å². The number of nitrogens with zero attached hydrogens (tertiary/aromatic N) is 2. The van der Waals surface area contributed by atoms with Crippen molar-refractivity contribution in [3.8, 4) is 0 Å². The van der Waals surface area contributed by atoms with Crippen LogP contribution in [0.2, 0.25) is 0 Å². The number of aliphatic hydroxyl groups is 1. The monoisotopic (exact) mass is 344 g/mol. The predicted molar refractivity (Wildman–Crippen MR) is 96.8 cm³/mol. The van der Waals surface area contributed by atoms with E-state index in [-0.39, 0.29) is 23.7 Å². The summed E-state index contributed by atoms with van der Waals surface area (Å²) in [6.45, 7) is 6.22. The van der Waals surface area contributed by atoms with Crippen LogP contribution < -0.4 is 0 Å². The Morgan fingerprint density at radius 3 is 2.32 bits per heavy atom. The molecule has 0 saturated carbocycles. The third-order valence-electron chi connectivity index (χ3n) is 5.72. The zero-order chi connectivity index (χ0) is 17.9. The van der Waals surface area contributed by atoms with E-state index in [1.165, 1.54) is 19.8 Å². The molecule has 1 amide bonds. The second-order valence-electron chi connectivity index (χ2n) is 7.57. The Morgan fingerprint density at radius 1 is 1.08 bits per heavy atom. The smallest absolute Gasteiger partial charge is 0.253 e. The number of rotatable bonds is 5. The van der Waals surface area contributed by atoms with Crippen molar-refractivity contribution < 1.29 is 14.7 Å². The van der Waals surface area contributed by atoms with Gasteiger partial charge in [0.05, 0.1) is 6.61 Å². The molecule has 2 saturated heterocycles. The van der Waals surface area contributed by atoms with Gasteiger partial charge in [-0.1, -0.05) is 12.1 Å². The first-order chi connectivity index (χ1) is 12.0. The number of likely N-dealkylation sites (tertiary alicyclic amines) is 2. The number of carbonyl (C=O) groups is 2. The van der Waals surface area contributed by atoms with Crippen molar-refractivity contribution in [2.24, 2.45) is 5.41 Å². The molecule has 2 heterocycles. The van der Waals surface area contributed by atoms with Gasteiger partial charge in [0.15, 0.2) is 5.78 Å². The molecular formula is C20H28N2O3. The first kappa shape index (κ1) is 18.1. The second-order valence-corrected chi connectivity index (χ2v) is 7.57. The molecular weight excluding hydrogens is 316 g/mol. The third-order valence-corrected chi connectivity index (χ3v) is 5.72. The molecule has 0 radical (unpaired) electrons. The van der Waals surface area contributed by atoms with Crippen LogP contribution in [0.5, 0.6) is 0 Å². The molecule has 5 heteroatoms. The normalized spacial score (nSPS) is 20.6. The lowest BCUT2D eigenvalue weighted by Crippen LogP contribution is -2.49. The Hall–Kier alpha value is -1.72. The van der Waals surface area contributed by atoms with E-state index in [1.54, 1.807) is 24.3 Å². The Labute approximate surface area is 149 Å². The third kappa shape index (κ3) is 4.10. The molecule has 1 N–H and O–H groups in total. The van der Waals surface area contributed by atoms with Crippen molar-refractivity contribution in [3.05, 3.63) is 35.4 Å². The van der Waals surface area contributed by atoms with Gasteiger partial charge >= 0.3 is 0 Å². The van der Waals surface area contributed by atoms with E-state index in [4.69, 9.17) is 0 Å². The molecule has 0 bridgehead atoms. The van der Waals surface area contributed by atoms with Gasteiger partial charge < -0.3 is 14.9 Å². The standard InChI is InChI=1S/C20H28N2O3/c1-16(24)17-5-4-6-18(13-17)19(25)22-11-7-20(15-23,8-12-22)14-21-9-2-3-10-21/h4-6,13,23H,2-3,7-12,14-15H2,1H3. The highest BCUT2D eigenvalue weighted by Crippen LogP contribution is 2.33. The van der Waals surface area contributed by atoms with Gasteiger partial charge in [0.2, 0.25) is 0 Å². The van der Waals surface area contributed by atoms with Crippen LogP contribution in [0.3, 0.4) is 0 Å². The van der Waals surface area contributed by atoms with Gasteiger partial charge in [-0.05, 0) is 57.8 Å². The first-order valence-corrected chi connectivity index (χ1v) is 9.26. The molecule has 1 aromatic carbocycles. The van der Waals surface area contributed by atoms with Crippen LogP contribution in [-0.4, -0.2) is 65.9 Å². The fourth-order valence-electron chi connectivity index (χ4n) is 4.02. The minimum Gasteiger partial charge on any atom is -0.396 e. The van der Waals surface area contributed by atoms with Crippen molar-refractivity contribution >= 4 is 11.7 Å². The number of piperidine rings is 1. The molecule has 136 valence electrons. The van der Waals surface area contributed by atoms with E-state index in [0.29, 0.717) is 24.2 Å². The SMILES string of the molecule is CC(=O)c1cccc(C(=O)N2CCC(CO)(CN3CCCC3)CC2)c1. The van der Waals surface area contributed by atoms with Crippen LogP contribution in [0.1, 0.15) is 53.3 Å². The summed E-state index contributed by atoms with van der Waals surface area (Å²) >= 11 is 0. The molecule has 25 heavy (non-hydrogen) atoms. The lowest BCUT2D eigenvalue weighted by Gasteiger charge is -2.42. The van der Waals surface area contributed by atoms with E-state index in [9.17, 15) is 14.7 Å². The lowest BCUT2D eigenvalue weighted by atomic mass is 9.78. The number of amides is 1. The fourth-order valence-corrected chi connectivity index (χ4v) is 4.02. The number of carbonyl (C=O) groups excluding carboxylic acids is 2. The van der Waals surface area contributed by atoms with E-state index >= 15 is 0 Å². The topological polar surface area (TPSA) is 60.9 Å². The van der Waals surface area contributed by atoms with Gasteiger partial charge in [-0.3, -0.25) is 9.59 Å². The van der Waals surface area contributed by atoms with Crippen molar-refractivity contribution in [1.82, 2.24) is 9.80 Å².